The van der Waals surface area contributed by atoms with Gasteiger partial charge in [0.1, 0.15) is 0 Å². The maximum Gasteiger partial charge on any atom is 0.251 e. The number of aryl methyl sites for hydroxylation is 1. The highest BCUT2D eigenvalue weighted by Gasteiger charge is 2.16. The topological polar surface area (TPSA) is 57.5 Å². The molecule has 1 unspecified atom stereocenters. The molecular weight excluding hydrogens is 314 g/mol. The van der Waals surface area contributed by atoms with Gasteiger partial charge in [-0.25, -0.2) is 0 Å². The highest BCUT2D eigenvalue weighted by atomic mass is 16.3. The molecule has 5 nitrogen and oxygen atoms in total. The van der Waals surface area contributed by atoms with Gasteiger partial charge >= 0.3 is 0 Å². The lowest BCUT2D eigenvalue weighted by molar-refractivity contribution is 0.0917. The molecule has 2 N–H and O–H groups in total. The van der Waals surface area contributed by atoms with Crippen molar-refractivity contribution in [2.45, 2.75) is 6.10 Å². The van der Waals surface area contributed by atoms with Gasteiger partial charge in [-0.15, -0.1) is 0 Å². The van der Waals surface area contributed by atoms with E-state index in [0.29, 0.717) is 5.56 Å². The van der Waals surface area contributed by atoms with Gasteiger partial charge in [0.05, 0.1) is 6.10 Å². The number of nitrogens with one attached hydrogen (secondary N) is 1. The van der Waals surface area contributed by atoms with Crippen molar-refractivity contribution in [2.75, 3.05) is 25.5 Å². The van der Waals surface area contributed by atoms with Crippen molar-refractivity contribution in [1.29, 1.82) is 0 Å². The van der Waals surface area contributed by atoms with Crippen LogP contribution >= 0.6 is 0 Å². The summed E-state index contributed by atoms with van der Waals surface area (Å²) in [4.78, 5) is 14.3. The number of nitrogens with zero attached hydrogens (tertiary/aromatic N) is 2. The number of anilines is 1. The minimum absolute atomic E-state index is 0.166. The summed E-state index contributed by atoms with van der Waals surface area (Å²) in [6, 6.07) is 15.3. The van der Waals surface area contributed by atoms with E-state index in [1.807, 2.05) is 79.3 Å². The number of hydrogen-bond acceptors (Lipinski definition) is 3. The number of benzene rings is 2. The van der Waals surface area contributed by atoms with Crippen LogP contribution in [0.1, 0.15) is 22.0 Å². The summed E-state index contributed by atoms with van der Waals surface area (Å²) < 4.78 is 1.98. The molecule has 1 amide bonds. The quantitative estimate of drug-likeness (QED) is 0.753. The summed E-state index contributed by atoms with van der Waals surface area (Å²) in [6.07, 6.45) is 1.15. The van der Waals surface area contributed by atoms with Crippen molar-refractivity contribution in [1.82, 2.24) is 9.88 Å². The normalized spacial score (nSPS) is 12.2. The lowest BCUT2D eigenvalue weighted by Crippen LogP contribution is -2.28. The Morgan fingerprint density at radius 2 is 1.96 bits per heavy atom. The second-order valence-electron chi connectivity index (χ2n) is 6.38. The maximum atomic E-state index is 12.4. The zero-order valence-corrected chi connectivity index (χ0v) is 14.7. The Balaban J connectivity index is 1.72. The van der Waals surface area contributed by atoms with E-state index in [4.69, 9.17) is 0 Å². The van der Waals surface area contributed by atoms with Gasteiger partial charge in [-0.2, -0.15) is 0 Å². The number of carbonyl (C=O) groups is 1. The first-order chi connectivity index (χ1) is 12.0. The number of aromatic nitrogens is 1. The van der Waals surface area contributed by atoms with E-state index in [2.05, 4.69) is 5.32 Å². The number of aliphatic hydroxyl groups excluding tert-OH is 1. The third kappa shape index (κ3) is 3.51. The third-order valence-electron chi connectivity index (χ3n) is 4.37. The van der Waals surface area contributed by atoms with Gasteiger partial charge in [-0.05, 0) is 24.3 Å². The number of amides is 1. The number of aliphatic hydroxyl groups is 1. The van der Waals surface area contributed by atoms with Gasteiger partial charge in [0.2, 0.25) is 0 Å². The zero-order valence-electron chi connectivity index (χ0n) is 14.7. The lowest BCUT2D eigenvalue weighted by Gasteiger charge is -2.14. The number of carbonyl (C=O) groups excluding carboxylic acids is 1. The summed E-state index contributed by atoms with van der Waals surface area (Å²) in [5.74, 6) is -0.192. The highest BCUT2D eigenvalue weighted by Crippen LogP contribution is 2.25. The molecule has 3 aromatic rings. The predicted molar refractivity (Wildman–Crippen MR) is 101 cm³/mol. The van der Waals surface area contributed by atoms with Crippen LogP contribution in [0.5, 0.6) is 0 Å². The lowest BCUT2D eigenvalue weighted by atomic mass is 10.1. The van der Waals surface area contributed by atoms with Crippen LogP contribution in [0.15, 0.2) is 54.7 Å². The van der Waals surface area contributed by atoms with Gasteiger partial charge in [0.25, 0.3) is 5.91 Å². The van der Waals surface area contributed by atoms with Gasteiger partial charge in [-0.1, -0.05) is 24.3 Å². The van der Waals surface area contributed by atoms with Crippen LogP contribution in [-0.2, 0) is 7.05 Å². The molecule has 1 atom stereocenters. The number of fused-ring (bicyclic) bond motifs is 1. The third-order valence-corrected chi connectivity index (χ3v) is 4.37. The van der Waals surface area contributed by atoms with Crippen LogP contribution in [0.2, 0.25) is 0 Å². The van der Waals surface area contributed by atoms with Crippen LogP contribution in [0.4, 0.5) is 5.69 Å². The molecule has 0 bridgehead atoms. The molecule has 25 heavy (non-hydrogen) atoms. The minimum atomic E-state index is -0.757. The molecule has 1 heterocycles. The molecule has 3 rings (SSSR count). The fourth-order valence-corrected chi connectivity index (χ4v) is 2.97. The molecule has 0 aliphatic carbocycles. The predicted octanol–water partition coefficient (Wildman–Crippen LogP) is 2.71. The van der Waals surface area contributed by atoms with Crippen molar-refractivity contribution in [3.05, 3.63) is 65.9 Å². The average Bonchev–Trinajstić information content (AvgIpc) is 2.97. The van der Waals surface area contributed by atoms with Crippen LogP contribution in [-0.4, -0.2) is 36.2 Å². The Bertz CT molecular complexity index is 899. The second kappa shape index (κ2) is 6.99. The van der Waals surface area contributed by atoms with E-state index >= 15 is 0 Å². The smallest absolute Gasteiger partial charge is 0.251 e. The molecule has 1 aromatic heterocycles. The van der Waals surface area contributed by atoms with Gasteiger partial charge in [-0.3, -0.25) is 4.79 Å². The highest BCUT2D eigenvalue weighted by molar-refractivity contribution is 5.95. The number of rotatable bonds is 5. The molecule has 0 spiro atoms. The molecule has 0 aliphatic rings. The summed E-state index contributed by atoms with van der Waals surface area (Å²) in [7, 11) is 5.81. The first kappa shape index (κ1) is 17.0. The van der Waals surface area contributed by atoms with Gasteiger partial charge in [0.15, 0.2) is 0 Å². The molecule has 130 valence electrons. The first-order valence-corrected chi connectivity index (χ1v) is 8.25. The monoisotopic (exact) mass is 337 g/mol. The molecule has 0 saturated heterocycles. The van der Waals surface area contributed by atoms with E-state index in [9.17, 15) is 9.90 Å². The van der Waals surface area contributed by atoms with Crippen molar-refractivity contribution >= 4 is 22.5 Å². The van der Waals surface area contributed by atoms with E-state index in [0.717, 1.165) is 22.2 Å². The molecule has 2 aromatic carbocycles. The Hall–Kier alpha value is -2.79. The fourth-order valence-electron chi connectivity index (χ4n) is 2.97. The Labute approximate surface area is 147 Å². The molecule has 0 radical (unpaired) electrons. The summed E-state index contributed by atoms with van der Waals surface area (Å²) >= 11 is 0. The summed E-state index contributed by atoms with van der Waals surface area (Å²) in [5.41, 5.74) is 3.42. The second-order valence-corrected chi connectivity index (χ2v) is 6.38. The van der Waals surface area contributed by atoms with Crippen LogP contribution in [0.3, 0.4) is 0 Å². The standard InChI is InChI=1S/C20H23N3O2/c1-22(2)15-8-6-7-14(11-15)20(25)21-12-19(24)17-13-23(3)18-10-5-4-9-16(17)18/h4-11,13,19,24H,12H2,1-3H3,(H,21,25). The van der Waals surface area contributed by atoms with Crippen LogP contribution in [0, 0.1) is 0 Å². The van der Waals surface area contributed by atoms with Crippen molar-refractivity contribution in [3.63, 3.8) is 0 Å². The molecule has 5 heteroatoms. The van der Waals surface area contributed by atoms with E-state index in [1.54, 1.807) is 6.07 Å². The first-order valence-electron chi connectivity index (χ1n) is 8.25. The molecule has 0 aliphatic heterocycles. The number of hydrogen-bond donors (Lipinski definition) is 2. The van der Waals surface area contributed by atoms with Crippen molar-refractivity contribution in [3.8, 4) is 0 Å². The molecular formula is C20H23N3O2. The number of para-hydroxylation sites is 1. The Kier molecular flexibility index (Phi) is 4.76. The van der Waals surface area contributed by atoms with Crippen LogP contribution in [0.25, 0.3) is 10.9 Å². The fraction of sp³-hybridized carbons (Fsp3) is 0.250. The summed E-state index contributed by atoms with van der Waals surface area (Å²) in [6.45, 7) is 0.166. The van der Waals surface area contributed by atoms with Gasteiger partial charge in [0, 0.05) is 61.6 Å². The van der Waals surface area contributed by atoms with Crippen LogP contribution < -0.4 is 10.2 Å². The molecule has 0 saturated carbocycles. The van der Waals surface area contributed by atoms with E-state index in [1.165, 1.54) is 0 Å². The van der Waals surface area contributed by atoms with E-state index in [-0.39, 0.29) is 12.5 Å². The van der Waals surface area contributed by atoms with Crippen molar-refractivity contribution < 1.29 is 9.90 Å². The van der Waals surface area contributed by atoms with Crippen molar-refractivity contribution in [2.24, 2.45) is 7.05 Å². The average molecular weight is 337 g/mol. The van der Waals surface area contributed by atoms with E-state index < -0.39 is 6.10 Å². The Morgan fingerprint density at radius 3 is 2.72 bits per heavy atom. The maximum absolute atomic E-state index is 12.4. The largest absolute Gasteiger partial charge is 0.386 e. The SMILES string of the molecule is CN(C)c1cccc(C(=O)NCC(O)c2cn(C)c3ccccc23)c1. The minimum Gasteiger partial charge on any atom is -0.386 e. The Morgan fingerprint density at radius 1 is 1.20 bits per heavy atom. The molecule has 0 fully saturated rings. The van der Waals surface area contributed by atoms with Gasteiger partial charge < -0.3 is 19.9 Å². The zero-order chi connectivity index (χ0) is 18.0. The summed E-state index contributed by atoms with van der Waals surface area (Å²) in [5, 5.41) is 14.4.